The van der Waals surface area contributed by atoms with E-state index in [1.165, 1.54) is 0 Å². The zero-order valence-corrected chi connectivity index (χ0v) is 14.6. The van der Waals surface area contributed by atoms with Gasteiger partial charge in [0.15, 0.2) is 5.65 Å². The molecule has 3 aromatic heterocycles. The van der Waals surface area contributed by atoms with E-state index in [0.717, 1.165) is 42.2 Å². The number of nitrogens with one attached hydrogen (secondary N) is 2. The van der Waals surface area contributed by atoms with Crippen LogP contribution in [0, 0.1) is 0 Å². The number of aromatic nitrogens is 4. The molecule has 7 heteroatoms. The van der Waals surface area contributed by atoms with Crippen molar-refractivity contribution in [3.63, 3.8) is 0 Å². The lowest BCUT2D eigenvalue weighted by atomic mass is 10.2. The summed E-state index contributed by atoms with van der Waals surface area (Å²) in [6, 6.07) is 6.37. The summed E-state index contributed by atoms with van der Waals surface area (Å²) in [5, 5.41) is 11.6. The van der Waals surface area contributed by atoms with E-state index >= 15 is 0 Å². The summed E-state index contributed by atoms with van der Waals surface area (Å²) in [5.41, 5.74) is 2.49. The first kappa shape index (κ1) is 16.7. The van der Waals surface area contributed by atoms with Gasteiger partial charge in [-0.15, -0.1) is 0 Å². The smallest absolute Gasteiger partial charge is 0.164 e. The van der Waals surface area contributed by atoms with Gasteiger partial charge in [-0.2, -0.15) is 5.10 Å². The molecule has 0 saturated carbocycles. The van der Waals surface area contributed by atoms with E-state index in [0.29, 0.717) is 11.1 Å². The molecule has 1 aliphatic rings. The fourth-order valence-electron chi connectivity index (χ4n) is 2.68. The highest BCUT2D eigenvalue weighted by molar-refractivity contribution is 6.30. The minimum absolute atomic E-state index is 0.434. The molecule has 0 spiro atoms. The standard InChI is InChI=1S/C15H15ClN6.C2H6/c16-10-6-18-15-12(8-19-22(15)9-10)13-2-1-3-14(21-13)20-11-4-5-17-7-11;1-2/h1-3,6,8-9,11,17H,4-5,7H2,(H,20,21);1-2H3. The predicted octanol–water partition coefficient (Wildman–Crippen LogP) is 3.24. The molecule has 1 unspecified atom stereocenters. The number of anilines is 1. The summed E-state index contributed by atoms with van der Waals surface area (Å²) in [7, 11) is 0. The number of rotatable bonds is 3. The summed E-state index contributed by atoms with van der Waals surface area (Å²) in [6.07, 6.45) is 6.23. The first-order chi connectivity index (χ1) is 11.8. The van der Waals surface area contributed by atoms with Crippen molar-refractivity contribution in [2.45, 2.75) is 26.3 Å². The van der Waals surface area contributed by atoms with Crippen molar-refractivity contribution in [3.05, 3.63) is 41.8 Å². The van der Waals surface area contributed by atoms with E-state index < -0.39 is 0 Å². The Labute approximate surface area is 146 Å². The van der Waals surface area contributed by atoms with Gasteiger partial charge in [0.1, 0.15) is 5.82 Å². The maximum Gasteiger partial charge on any atom is 0.164 e. The lowest BCUT2D eigenvalue weighted by Gasteiger charge is -2.12. The van der Waals surface area contributed by atoms with Crippen LogP contribution in [-0.4, -0.2) is 38.7 Å². The average Bonchev–Trinajstić information content (AvgIpc) is 3.26. The molecular formula is C17H21ClN6. The van der Waals surface area contributed by atoms with Crippen molar-refractivity contribution in [2.75, 3.05) is 18.4 Å². The lowest BCUT2D eigenvalue weighted by molar-refractivity contribution is 0.788. The normalized spacial score (nSPS) is 16.7. The second-order valence-electron chi connectivity index (χ2n) is 5.34. The highest BCUT2D eigenvalue weighted by Gasteiger charge is 2.15. The Bertz CT molecular complexity index is 810. The summed E-state index contributed by atoms with van der Waals surface area (Å²) in [4.78, 5) is 9.03. The predicted molar refractivity (Wildman–Crippen MR) is 97.5 cm³/mol. The molecule has 126 valence electrons. The Morgan fingerprint density at radius 3 is 2.96 bits per heavy atom. The van der Waals surface area contributed by atoms with Crippen LogP contribution >= 0.6 is 11.6 Å². The van der Waals surface area contributed by atoms with Gasteiger partial charge in [-0.05, 0) is 25.1 Å². The van der Waals surface area contributed by atoms with Crippen LogP contribution in [0.25, 0.3) is 16.9 Å². The van der Waals surface area contributed by atoms with Gasteiger partial charge in [0.05, 0.1) is 28.7 Å². The van der Waals surface area contributed by atoms with Crippen molar-refractivity contribution < 1.29 is 0 Å². The molecule has 0 amide bonds. The van der Waals surface area contributed by atoms with Crippen LogP contribution in [0.1, 0.15) is 20.3 Å². The van der Waals surface area contributed by atoms with E-state index in [2.05, 4.69) is 25.7 Å². The minimum atomic E-state index is 0.434. The third kappa shape index (κ3) is 3.49. The SMILES string of the molecule is CC.Clc1cnc2c(-c3cccc(NC4CCNC4)n3)cnn2c1. The molecular weight excluding hydrogens is 324 g/mol. The van der Waals surface area contributed by atoms with E-state index in [9.17, 15) is 0 Å². The Hall–Kier alpha value is -2.18. The fraction of sp³-hybridized carbons (Fsp3) is 0.353. The summed E-state index contributed by atoms with van der Waals surface area (Å²) in [5.74, 6) is 0.875. The molecule has 0 radical (unpaired) electrons. The van der Waals surface area contributed by atoms with Gasteiger partial charge in [-0.25, -0.2) is 14.5 Å². The van der Waals surface area contributed by atoms with Gasteiger partial charge in [0, 0.05) is 18.8 Å². The molecule has 1 fully saturated rings. The molecule has 0 aromatic carbocycles. The number of nitrogens with zero attached hydrogens (tertiary/aromatic N) is 4. The zero-order chi connectivity index (χ0) is 16.9. The molecule has 4 heterocycles. The maximum atomic E-state index is 5.94. The third-order valence-electron chi connectivity index (χ3n) is 3.76. The van der Waals surface area contributed by atoms with E-state index in [1.54, 1.807) is 23.1 Å². The van der Waals surface area contributed by atoms with Crippen LogP contribution < -0.4 is 10.6 Å². The summed E-state index contributed by atoms with van der Waals surface area (Å²) < 4.78 is 1.67. The van der Waals surface area contributed by atoms with Crippen LogP contribution in [-0.2, 0) is 0 Å². The van der Waals surface area contributed by atoms with Gasteiger partial charge in [0.2, 0.25) is 0 Å². The first-order valence-electron chi connectivity index (χ1n) is 8.23. The van der Waals surface area contributed by atoms with Gasteiger partial charge in [-0.1, -0.05) is 31.5 Å². The molecule has 1 atom stereocenters. The van der Waals surface area contributed by atoms with Gasteiger partial charge in [0.25, 0.3) is 0 Å². The van der Waals surface area contributed by atoms with E-state index in [-0.39, 0.29) is 0 Å². The van der Waals surface area contributed by atoms with Crippen molar-refractivity contribution in [2.24, 2.45) is 0 Å². The minimum Gasteiger partial charge on any atom is -0.366 e. The van der Waals surface area contributed by atoms with Crippen molar-refractivity contribution in [1.29, 1.82) is 0 Å². The highest BCUT2D eigenvalue weighted by Crippen LogP contribution is 2.23. The Kier molecular flexibility index (Phi) is 5.27. The van der Waals surface area contributed by atoms with Gasteiger partial charge >= 0.3 is 0 Å². The fourth-order valence-corrected chi connectivity index (χ4v) is 2.83. The molecule has 6 nitrogen and oxygen atoms in total. The monoisotopic (exact) mass is 344 g/mol. The lowest BCUT2D eigenvalue weighted by Crippen LogP contribution is -2.22. The topological polar surface area (TPSA) is 67.1 Å². The molecule has 4 rings (SSSR count). The average molecular weight is 345 g/mol. The Balaban J connectivity index is 0.000000815. The van der Waals surface area contributed by atoms with Crippen LogP contribution in [0.15, 0.2) is 36.8 Å². The number of fused-ring (bicyclic) bond motifs is 1. The number of halogens is 1. The van der Waals surface area contributed by atoms with Gasteiger partial charge < -0.3 is 10.6 Å². The zero-order valence-electron chi connectivity index (χ0n) is 13.8. The Morgan fingerprint density at radius 2 is 2.17 bits per heavy atom. The first-order valence-corrected chi connectivity index (χ1v) is 8.61. The van der Waals surface area contributed by atoms with E-state index in [4.69, 9.17) is 11.6 Å². The quantitative estimate of drug-likeness (QED) is 0.763. The molecule has 1 saturated heterocycles. The van der Waals surface area contributed by atoms with Crippen LogP contribution in [0.3, 0.4) is 0 Å². The highest BCUT2D eigenvalue weighted by atomic mass is 35.5. The molecule has 3 aromatic rings. The molecule has 24 heavy (non-hydrogen) atoms. The Morgan fingerprint density at radius 1 is 1.29 bits per heavy atom. The molecule has 0 bridgehead atoms. The van der Waals surface area contributed by atoms with E-state index in [1.807, 2.05) is 32.0 Å². The largest absolute Gasteiger partial charge is 0.366 e. The van der Waals surface area contributed by atoms with Crippen molar-refractivity contribution in [3.8, 4) is 11.3 Å². The van der Waals surface area contributed by atoms with Crippen molar-refractivity contribution in [1.82, 2.24) is 24.9 Å². The van der Waals surface area contributed by atoms with Crippen LogP contribution in [0.5, 0.6) is 0 Å². The summed E-state index contributed by atoms with van der Waals surface area (Å²) >= 11 is 5.94. The van der Waals surface area contributed by atoms with Crippen LogP contribution in [0.2, 0.25) is 5.02 Å². The molecule has 0 aliphatic carbocycles. The second-order valence-corrected chi connectivity index (χ2v) is 5.78. The molecule has 2 N–H and O–H groups in total. The second kappa shape index (κ2) is 7.59. The number of hydrogen-bond donors (Lipinski definition) is 2. The maximum absolute atomic E-state index is 5.94. The molecule has 1 aliphatic heterocycles. The van der Waals surface area contributed by atoms with Crippen molar-refractivity contribution >= 4 is 23.1 Å². The number of pyridine rings is 1. The van der Waals surface area contributed by atoms with Gasteiger partial charge in [-0.3, -0.25) is 0 Å². The summed E-state index contributed by atoms with van der Waals surface area (Å²) in [6.45, 7) is 6.03. The van der Waals surface area contributed by atoms with Crippen LogP contribution in [0.4, 0.5) is 5.82 Å². The third-order valence-corrected chi connectivity index (χ3v) is 3.96. The number of hydrogen-bond acceptors (Lipinski definition) is 5.